The summed E-state index contributed by atoms with van der Waals surface area (Å²) in [5.74, 6) is -0.0625. The van der Waals surface area contributed by atoms with E-state index < -0.39 is 6.10 Å². The number of nitrogens with one attached hydrogen (secondary N) is 2. The molecule has 1 amide bonds. The lowest BCUT2D eigenvalue weighted by molar-refractivity contribution is 0.0822. The number of rotatable bonds is 6. The number of hydrogen-bond donors (Lipinski definition) is 3. The van der Waals surface area contributed by atoms with Crippen LogP contribution in [-0.4, -0.2) is 41.5 Å². The largest absolute Gasteiger partial charge is 0.387 e. The lowest BCUT2D eigenvalue weighted by Gasteiger charge is -2.12. The molecule has 2 rings (SSSR count). The summed E-state index contributed by atoms with van der Waals surface area (Å²) in [5, 5.41) is 13.9. The summed E-state index contributed by atoms with van der Waals surface area (Å²) in [6.45, 7) is 0.961. The van der Waals surface area contributed by atoms with Crippen LogP contribution < -0.4 is 5.32 Å². The molecule has 6 heteroatoms. The molecular weight excluding hydrogens is 302 g/mol. The molecule has 1 unspecified atom stereocenters. The smallest absolute Gasteiger partial charge is 0.269 e. The number of aromatic nitrogens is 1. The van der Waals surface area contributed by atoms with Gasteiger partial charge in [-0.1, -0.05) is 23.7 Å². The van der Waals surface area contributed by atoms with Gasteiger partial charge >= 0.3 is 0 Å². The summed E-state index contributed by atoms with van der Waals surface area (Å²) in [5.41, 5.74) is 2.26. The highest BCUT2D eigenvalue weighted by Gasteiger charge is 2.11. The molecule has 1 heterocycles. The van der Waals surface area contributed by atoms with Crippen LogP contribution in [-0.2, 0) is 6.54 Å². The highest BCUT2D eigenvalue weighted by molar-refractivity contribution is 6.30. The van der Waals surface area contributed by atoms with Crippen LogP contribution in [0.15, 0.2) is 36.4 Å². The van der Waals surface area contributed by atoms with E-state index in [4.69, 9.17) is 11.6 Å². The Kier molecular flexibility index (Phi) is 5.60. The minimum atomic E-state index is -0.602. The van der Waals surface area contributed by atoms with Crippen LogP contribution in [0.3, 0.4) is 0 Å². The molecule has 118 valence electrons. The van der Waals surface area contributed by atoms with Gasteiger partial charge in [0.2, 0.25) is 0 Å². The zero-order valence-corrected chi connectivity index (χ0v) is 13.4. The first kappa shape index (κ1) is 16.5. The number of aliphatic hydroxyl groups excluding tert-OH is 1. The Labute approximate surface area is 134 Å². The first-order valence-electron chi connectivity index (χ1n) is 7.01. The Morgan fingerprint density at radius 2 is 1.95 bits per heavy atom. The van der Waals surface area contributed by atoms with E-state index in [0.29, 0.717) is 23.8 Å². The number of aromatic amines is 1. The molecular formula is C16H20ClN3O2. The maximum atomic E-state index is 11.8. The molecule has 3 N–H and O–H groups in total. The fourth-order valence-electron chi connectivity index (χ4n) is 2.06. The molecule has 0 fully saturated rings. The fourth-order valence-corrected chi connectivity index (χ4v) is 2.18. The van der Waals surface area contributed by atoms with Gasteiger partial charge in [0.1, 0.15) is 5.69 Å². The van der Waals surface area contributed by atoms with E-state index in [2.05, 4.69) is 10.3 Å². The number of aliphatic hydroxyl groups is 1. The molecule has 0 bridgehead atoms. The van der Waals surface area contributed by atoms with Crippen LogP contribution in [0.2, 0.25) is 5.02 Å². The molecule has 1 atom stereocenters. The standard InChI is InChI=1S/C16H20ClN3O2/c1-20(2)16(22)14-8-7-13(19-14)9-18-10-15(21)11-3-5-12(17)6-4-11/h3-8,15,18-19,21H,9-10H2,1-2H3. The number of carbonyl (C=O) groups is 1. The van der Waals surface area contributed by atoms with Gasteiger partial charge < -0.3 is 20.3 Å². The second kappa shape index (κ2) is 7.45. The van der Waals surface area contributed by atoms with Crippen LogP contribution in [0.1, 0.15) is 27.8 Å². The molecule has 1 aromatic carbocycles. The van der Waals surface area contributed by atoms with Crippen LogP contribution in [0.25, 0.3) is 0 Å². The summed E-state index contributed by atoms with van der Waals surface area (Å²) in [7, 11) is 3.42. The Morgan fingerprint density at radius 3 is 2.59 bits per heavy atom. The van der Waals surface area contributed by atoms with Crippen molar-refractivity contribution in [1.82, 2.24) is 15.2 Å². The molecule has 0 radical (unpaired) electrons. The van der Waals surface area contributed by atoms with E-state index in [1.807, 2.05) is 6.07 Å². The molecule has 0 saturated heterocycles. The minimum absolute atomic E-state index is 0.0625. The second-order valence-corrected chi connectivity index (χ2v) is 5.73. The number of amides is 1. The van der Waals surface area contributed by atoms with Crippen molar-refractivity contribution in [3.8, 4) is 0 Å². The second-order valence-electron chi connectivity index (χ2n) is 5.30. The molecule has 0 aliphatic carbocycles. The van der Waals surface area contributed by atoms with Gasteiger partial charge in [-0.25, -0.2) is 0 Å². The maximum Gasteiger partial charge on any atom is 0.269 e. The number of H-pyrrole nitrogens is 1. The minimum Gasteiger partial charge on any atom is -0.387 e. The first-order valence-corrected chi connectivity index (χ1v) is 7.39. The van der Waals surface area contributed by atoms with Gasteiger partial charge in [-0.3, -0.25) is 4.79 Å². The van der Waals surface area contributed by atoms with Gasteiger partial charge in [-0.15, -0.1) is 0 Å². The summed E-state index contributed by atoms with van der Waals surface area (Å²) < 4.78 is 0. The summed E-state index contributed by atoms with van der Waals surface area (Å²) >= 11 is 5.82. The predicted octanol–water partition coefficient (Wildman–Crippen LogP) is 2.19. The molecule has 0 spiro atoms. The lowest BCUT2D eigenvalue weighted by Crippen LogP contribution is -2.23. The average molecular weight is 322 g/mol. The third-order valence-corrected chi connectivity index (χ3v) is 3.54. The molecule has 0 saturated carbocycles. The highest BCUT2D eigenvalue weighted by atomic mass is 35.5. The third-order valence-electron chi connectivity index (χ3n) is 3.29. The van der Waals surface area contributed by atoms with E-state index in [9.17, 15) is 9.90 Å². The number of carbonyl (C=O) groups excluding carboxylic acids is 1. The number of nitrogens with zero attached hydrogens (tertiary/aromatic N) is 1. The fraction of sp³-hybridized carbons (Fsp3) is 0.312. The van der Waals surface area contributed by atoms with Crippen LogP contribution in [0, 0.1) is 0 Å². The molecule has 2 aromatic rings. The zero-order chi connectivity index (χ0) is 16.1. The SMILES string of the molecule is CN(C)C(=O)c1ccc(CNCC(O)c2ccc(Cl)cc2)[nH]1. The van der Waals surface area contributed by atoms with Crippen molar-refractivity contribution in [3.63, 3.8) is 0 Å². The van der Waals surface area contributed by atoms with Crippen LogP contribution in [0.5, 0.6) is 0 Å². The Bertz CT molecular complexity index is 623. The van der Waals surface area contributed by atoms with E-state index in [0.717, 1.165) is 11.3 Å². The molecule has 5 nitrogen and oxygen atoms in total. The Morgan fingerprint density at radius 1 is 1.27 bits per heavy atom. The van der Waals surface area contributed by atoms with Gasteiger partial charge in [0, 0.05) is 37.9 Å². The summed E-state index contributed by atoms with van der Waals surface area (Å²) in [6.07, 6.45) is -0.602. The summed E-state index contributed by atoms with van der Waals surface area (Å²) in [6, 6.07) is 10.7. The van der Waals surface area contributed by atoms with Crippen molar-refractivity contribution in [2.24, 2.45) is 0 Å². The van der Waals surface area contributed by atoms with E-state index >= 15 is 0 Å². The number of hydrogen-bond acceptors (Lipinski definition) is 3. The van der Waals surface area contributed by atoms with Gasteiger partial charge in [0.05, 0.1) is 6.10 Å². The van der Waals surface area contributed by atoms with Crippen molar-refractivity contribution in [1.29, 1.82) is 0 Å². The van der Waals surface area contributed by atoms with E-state index in [-0.39, 0.29) is 5.91 Å². The lowest BCUT2D eigenvalue weighted by atomic mass is 10.1. The molecule has 1 aromatic heterocycles. The topological polar surface area (TPSA) is 68.4 Å². The third kappa shape index (κ3) is 4.34. The van der Waals surface area contributed by atoms with Crippen molar-refractivity contribution < 1.29 is 9.90 Å². The first-order chi connectivity index (χ1) is 10.5. The van der Waals surface area contributed by atoms with Gasteiger partial charge in [-0.05, 0) is 29.8 Å². The van der Waals surface area contributed by atoms with Gasteiger partial charge in [0.25, 0.3) is 5.91 Å². The van der Waals surface area contributed by atoms with E-state index in [1.165, 1.54) is 4.90 Å². The van der Waals surface area contributed by atoms with Crippen molar-refractivity contribution >= 4 is 17.5 Å². The molecule has 0 aliphatic rings. The number of halogens is 1. The van der Waals surface area contributed by atoms with Crippen molar-refractivity contribution in [2.75, 3.05) is 20.6 Å². The zero-order valence-electron chi connectivity index (χ0n) is 12.6. The quantitative estimate of drug-likeness (QED) is 0.764. The van der Waals surface area contributed by atoms with Crippen LogP contribution in [0.4, 0.5) is 0 Å². The van der Waals surface area contributed by atoms with Gasteiger partial charge in [-0.2, -0.15) is 0 Å². The van der Waals surface area contributed by atoms with Crippen LogP contribution >= 0.6 is 11.6 Å². The van der Waals surface area contributed by atoms with Gasteiger partial charge in [0.15, 0.2) is 0 Å². The monoisotopic (exact) mass is 321 g/mol. The van der Waals surface area contributed by atoms with E-state index in [1.54, 1.807) is 44.4 Å². The highest BCUT2D eigenvalue weighted by Crippen LogP contribution is 2.15. The maximum absolute atomic E-state index is 11.8. The Hall–Kier alpha value is -1.82. The average Bonchev–Trinajstić information content (AvgIpc) is 2.95. The van der Waals surface area contributed by atoms with Crippen molar-refractivity contribution in [3.05, 3.63) is 58.4 Å². The summed E-state index contributed by atoms with van der Waals surface area (Å²) in [4.78, 5) is 16.4. The van der Waals surface area contributed by atoms with Crippen molar-refractivity contribution in [2.45, 2.75) is 12.6 Å². The molecule has 0 aliphatic heterocycles. The Balaban J connectivity index is 1.83. The predicted molar refractivity (Wildman–Crippen MR) is 86.9 cm³/mol. The normalized spacial score (nSPS) is 12.2. The molecule has 22 heavy (non-hydrogen) atoms. The number of benzene rings is 1.